The highest BCUT2D eigenvalue weighted by atomic mass is 16.5. The zero-order valence-electron chi connectivity index (χ0n) is 21.5. The van der Waals surface area contributed by atoms with Crippen LogP contribution in [0.5, 0.6) is 5.75 Å². The SMILES string of the molecule is COc1ccc(C(=O)N2CCC(N3CC(CC#N)(n4cc(-c5ncnc6[nH]ccc56)cn4)C3)CC2)cc1C#N. The molecule has 1 aromatic carbocycles. The second-order valence-corrected chi connectivity index (χ2v) is 10.2. The number of carbonyl (C=O) groups is 1. The number of piperidine rings is 1. The number of ether oxygens (including phenoxy) is 1. The summed E-state index contributed by atoms with van der Waals surface area (Å²) in [6.45, 7) is 2.75. The van der Waals surface area contributed by atoms with Gasteiger partial charge in [-0.15, -0.1) is 0 Å². The lowest BCUT2D eigenvalue weighted by Crippen LogP contribution is -2.66. The van der Waals surface area contributed by atoms with Gasteiger partial charge in [0.1, 0.15) is 29.3 Å². The normalized spacial score (nSPS) is 17.4. The Morgan fingerprint density at radius 1 is 1.21 bits per heavy atom. The number of nitrogens with zero attached hydrogens (tertiary/aromatic N) is 8. The highest BCUT2D eigenvalue weighted by molar-refractivity contribution is 5.95. The number of aromatic nitrogens is 5. The second-order valence-electron chi connectivity index (χ2n) is 10.2. The third kappa shape index (κ3) is 4.27. The molecule has 0 atom stereocenters. The number of fused-ring (bicyclic) bond motifs is 1. The van der Waals surface area contributed by atoms with Crippen molar-refractivity contribution in [1.82, 2.24) is 34.5 Å². The molecule has 4 aromatic rings. The molecule has 196 valence electrons. The summed E-state index contributed by atoms with van der Waals surface area (Å²) in [5.41, 5.74) is 2.94. The minimum absolute atomic E-state index is 0.0691. The number of likely N-dealkylation sites (tertiary alicyclic amines) is 2. The lowest BCUT2D eigenvalue weighted by molar-refractivity contribution is -0.0412. The number of aromatic amines is 1. The van der Waals surface area contributed by atoms with Crippen molar-refractivity contribution < 1.29 is 9.53 Å². The monoisotopic (exact) mass is 521 g/mol. The standard InChI is InChI=1S/C28H27N9O2/c1-39-24-3-2-19(12-20(24)13-30)27(38)35-10-5-22(6-11-35)36-16-28(17-36,7-8-29)37-15-21(14-34-37)25-23-4-9-31-26(23)33-18-32-25/h2-4,9,12,14-15,18,22H,5-7,10-11,16-17H2,1H3,(H,31,32,33). The molecule has 3 aromatic heterocycles. The molecule has 0 saturated carbocycles. The van der Waals surface area contributed by atoms with Gasteiger partial charge in [0.05, 0.1) is 37.1 Å². The topological polar surface area (TPSA) is 140 Å². The number of H-pyrrole nitrogens is 1. The van der Waals surface area contributed by atoms with E-state index in [1.807, 2.05) is 28.0 Å². The fraction of sp³-hybridized carbons (Fsp3) is 0.357. The number of hydrogen-bond donors (Lipinski definition) is 1. The van der Waals surface area contributed by atoms with Crippen LogP contribution in [0.1, 0.15) is 35.2 Å². The summed E-state index contributed by atoms with van der Waals surface area (Å²) < 4.78 is 7.12. The third-order valence-corrected chi connectivity index (χ3v) is 7.93. The van der Waals surface area contributed by atoms with E-state index in [4.69, 9.17) is 4.74 Å². The molecular formula is C28H27N9O2. The first-order valence-electron chi connectivity index (χ1n) is 12.9. The zero-order chi connectivity index (χ0) is 27.0. The fourth-order valence-electron chi connectivity index (χ4n) is 5.80. The first-order valence-corrected chi connectivity index (χ1v) is 12.9. The molecule has 0 radical (unpaired) electrons. The van der Waals surface area contributed by atoms with Gasteiger partial charge in [-0.05, 0) is 37.1 Å². The van der Waals surface area contributed by atoms with E-state index in [2.05, 4.69) is 37.1 Å². The Bertz CT molecular complexity index is 1610. The molecule has 2 aliphatic heterocycles. The van der Waals surface area contributed by atoms with Crippen LogP contribution in [-0.2, 0) is 5.54 Å². The van der Waals surface area contributed by atoms with Crippen LogP contribution < -0.4 is 4.74 Å². The second kappa shape index (κ2) is 9.86. The van der Waals surface area contributed by atoms with E-state index in [-0.39, 0.29) is 11.4 Å². The van der Waals surface area contributed by atoms with Crippen LogP contribution in [-0.4, -0.2) is 79.8 Å². The van der Waals surface area contributed by atoms with Gasteiger partial charge in [0.15, 0.2) is 0 Å². The summed E-state index contributed by atoms with van der Waals surface area (Å²) in [6.07, 6.45) is 9.24. The number of hydrogen-bond acceptors (Lipinski definition) is 8. The average Bonchev–Trinajstić information content (AvgIpc) is 3.64. The molecule has 2 saturated heterocycles. The molecule has 11 nitrogen and oxygen atoms in total. The Morgan fingerprint density at radius 2 is 2.03 bits per heavy atom. The zero-order valence-corrected chi connectivity index (χ0v) is 21.5. The Hall–Kier alpha value is -4.74. The van der Waals surface area contributed by atoms with Crippen molar-refractivity contribution in [3.8, 4) is 29.1 Å². The number of methoxy groups -OCH3 is 1. The summed E-state index contributed by atoms with van der Waals surface area (Å²) in [5, 5.41) is 24.6. The molecule has 2 fully saturated rings. The van der Waals surface area contributed by atoms with E-state index >= 15 is 0 Å². The molecule has 0 aliphatic carbocycles. The van der Waals surface area contributed by atoms with Crippen molar-refractivity contribution in [2.45, 2.75) is 30.8 Å². The fourth-order valence-corrected chi connectivity index (χ4v) is 5.80. The summed E-state index contributed by atoms with van der Waals surface area (Å²) in [4.78, 5) is 29.2. The Morgan fingerprint density at radius 3 is 2.77 bits per heavy atom. The average molecular weight is 522 g/mol. The Kier molecular flexibility index (Phi) is 6.21. The Balaban J connectivity index is 1.11. The number of benzene rings is 1. The number of rotatable bonds is 6. The van der Waals surface area contributed by atoms with Crippen molar-refractivity contribution in [2.24, 2.45) is 0 Å². The largest absolute Gasteiger partial charge is 0.495 e. The van der Waals surface area contributed by atoms with E-state index in [1.54, 1.807) is 24.4 Å². The van der Waals surface area contributed by atoms with Crippen LogP contribution >= 0.6 is 0 Å². The van der Waals surface area contributed by atoms with Crippen LogP contribution in [0.3, 0.4) is 0 Å². The Labute approximate surface area is 225 Å². The maximum atomic E-state index is 13.1. The van der Waals surface area contributed by atoms with E-state index in [0.29, 0.717) is 42.4 Å². The van der Waals surface area contributed by atoms with Crippen LogP contribution in [0, 0.1) is 22.7 Å². The third-order valence-electron chi connectivity index (χ3n) is 7.93. The van der Waals surface area contributed by atoms with Gasteiger partial charge < -0.3 is 14.6 Å². The molecule has 39 heavy (non-hydrogen) atoms. The molecule has 1 N–H and O–H groups in total. The number of nitrogens with one attached hydrogen (secondary N) is 1. The van der Waals surface area contributed by atoms with Gasteiger partial charge >= 0.3 is 0 Å². The number of nitriles is 2. The molecular weight excluding hydrogens is 494 g/mol. The molecule has 11 heteroatoms. The van der Waals surface area contributed by atoms with E-state index < -0.39 is 0 Å². The number of amides is 1. The molecule has 2 aliphatic rings. The van der Waals surface area contributed by atoms with Gasteiger partial charge in [0.2, 0.25) is 0 Å². The maximum Gasteiger partial charge on any atom is 0.253 e. The minimum atomic E-state index is -0.388. The maximum absolute atomic E-state index is 13.1. The first-order chi connectivity index (χ1) is 19.0. The van der Waals surface area contributed by atoms with E-state index in [1.165, 1.54) is 13.4 Å². The van der Waals surface area contributed by atoms with Crippen molar-refractivity contribution >= 4 is 16.9 Å². The van der Waals surface area contributed by atoms with E-state index in [0.717, 1.165) is 48.2 Å². The van der Waals surface area contributed by atoms with Gasteiger partial charge in [-0.25, -0.2) is 9.97 Å². The lowest BCUT2D eigenvalue weighted by Gasteiger charge is -2.53. The molecule has 0 unspecified atom stereocenters. The van der Waals surface area contributed by atoms with Crippen LogP contribution in [0.25, 0.3) is 22.3 Å². The van der Waals surface area contributed by atoms with Crippen molar-refractivity contribution in [2.75, 3.05) is 33.3 Å². The van der Waals surface area contributed by atoms with Crippen molar-refractivity contribution in [1.29, 1.82) is 10.5 Å². The van der Waals surface area contributed by atoms with Gasteiger partial charge in [0, 0.05) is 61.1 Å². The number of carbonyl (C=O) groups excluding carboxylic acids is 1. The van der Waals surface area contributed by atoms with Gasteiger partial charge in [0.25, 0.3) is 5.91 Å². The van der Waals surface area contributed by atoms with Gasteiger partial charge in [-0.1, -0.05) is 0 Å². The van der Waals surface area contributed by atoms with Gasteiger partial charge in [-0.3, -0.25) is 14.4 Å². The first kappa shape index (κ1) is 24.6. The molecule has 6 rings (SSSR count). The van der Waals surface area contributed by atoms with Gasteiger partial charge in [-0.2, -0.15) is 15.6 Å². The smallest absolute Gasteiger partial charge is 0.253 e. The van der Waals surface area contributed by atoms with Crippen molar-refractivity contribution in [3.05, 3.63) is 60.3 Å². The highest BCUT2D eigenvalue weighted by Gasteiger charge is 2.48. The molecule has 0 bridgehead atoms. The van der Waals surface area contributed by atoms with Crippen LogP contribution in [0.4, 0.5) is 0 Å². The minimum Gasteiger partial charge on any atom is -0.495 e. The van der Waals surface area contributed by atoms with E-state index in [9.17, 15) is 15.3 Å². The molecule has 1 amide bonds. The van der Waals surface area contributed by atoms with Crippen LogP contribution in [0.15, 0.2) is 49.2 Å². The highest BCUT2D eigenvalue weighted by Crippen LogP contribution is 2.37. The quantitative estimate of drug-likeness (QED) is 0.408. The predicted octanol–water partition coefficient (Wildman–Crippen LogP) is 2.93. The predicted molar refractivity (Wildman–Crippen MR) is 142 cm³/mol. The summed E-state index contributed by atoms with van der Waals surface area (Å²) in [5.74, 6) is 0.394. The lowest BCUT2D eigenvalue weighted by atomic mass is 9.83. The molecule has 0 spiro atoms. The summed E-state index contributed by atoms with van der Waals surface area (Å²) in [6, 6.07) is 11.7. The van der Waals surface area contributed by atoms with Crippen molar-refractivity contribution in [3.63, 3.8) is 0 Å². The van der Waals surface area contributed by atoms with Crippen LogP contribution in [0.2, 0.25) is 0 Å². The summed E-state index contributed by atoms with van der Waals surface area (Å²) in [7, 11) is 1.51. The summed E-state index contributed by atoms with van der Waals surface area (Å²) >= 11 is 0. The molecule has 5 heterocycles.